The molecular formula is C19H17NO2. The first-order valence-corrected chi connectivity index (χ1v) is 7.22. The van der Waals surface area contributed by atoms with Crippen molar-refractivity contribution in [1.29, 1.82) is 0 Å². The van der Waals surface area contributed by atoms with Crippen LogP contribution >= 0.6 is 0 Å². The monoisotopic (exact) mass is 291 g/mol. The predicted molar refractivity (Wildman–Crippen MR) is 86.6 cm³/mol. The van der Waals surface area contributed by atoms with Gasteiger partial charge in [-0.15, -0.1) is 0 Å². The average molecular weight is 291 g/mol. The maximum Gasteiger partial charge on any atom is 0.258 e. The first-order chi connectivity index (χ1) is 10.5. The number of anilines is 1. The molecule has 2 amide bonds. The number of rotatable bonds is 3. The molecular weight excluding hydrogens is 274 g/mol. The first-order valence-electron chi connectivity index (χ1n) is 7.22. The molecule has 0 N–H and O–H groups in total. The van der Waals surface area contributed by atoms with Gasteiger partial charge in [-0.25, -0.2) is 4.90 Å². The predicted octanol–water partition coefficient (Wildman–Crippen LogP) is 3.44. The molecule has 3 nitrogen and oxygen atoms in total. The Morgan fingerprint density at radius 1 is 0.773 bits per heavy atom. The van der Waals surface area contributed by atoms with Crippen LogP contribution < -0.4 is 4.90 Å². The molecule has 0 atom stereocenters. The number of imide groups is 1. The fourth-order valence-corrected chi connectivity index (χ4v) is 2.71. The van der Waals surface area contributed by atoms with Gasteiger partial charge >= 0.3 is 0 Å². The van der Waals surface area contributed by atoms with E-state index in [1.54, 1.807) is 6.07 Å². The Balaban J connectivity index is 2.02. The third-order valence-corrected chi connectivity index (χ3v) is 4.13. The van der Waals surface area contributed by atoms with Gasteiger partial charge in [0.15, 0.2) is 0 Å². The van der Waals surface area contributed by atoms with Crippen LogP contribution in [0.25, 0.3) is 0 Å². The molecule has 0 radical (unpaired) electrons. The van der Waals surface area contributed by atoms with E-state index in [0.29, 0.717) is 5.69 Å². The van der Waals surface area contributed by atoms with E-state index in [0.717, 1.165) is 5.56 Å². The van der Waals surface area contributed by atoms with Crippen LogP contribution in [0.3, 0.4) is 0 Å². The molecule has 1 heterocycles. The number of hydrogen-bond donors (Lipinski definition) is 0. The Hall–Kier alpha value is -2.68. The Morgan fingerprint density at radius 3 is 2.00 bits per heavy atom. The quantitative estimate of drug-likeness (QED) is 0.812. The van der Waals surface area contributed by atoms with E-state index in [4.69, 9.17) is 0 Å². The SMILES string of the molecule is CC(C)(c1ccccc1)c1cccc(N2C(=O)C=CC2=O)c1. The summed E-state index contributed by atoms with van der Waals surface area (Å²) < 4.78 is 0. The Kier molecular flexibility index (Phi) is 3.41. The summed E-state index contributed by atoms with van der Waals surface area (Å²) in [6, 6.07) is 17.8. The lowest BCUT2D eigenvalue weighted by atomic mass is 9.78. The highest BCUT2D eigenvalue weighted by Gasteiger charge is 2.28. The lowest BCUT2D eigenvalue weighted by Gasteiger charge is -2.27. The van der Waals surface area contributed by atoms with Gasteiger partial charge in [-0.2, -0.15) is 0 Å². The highest BCUT2D eigenvalue weighted by atomic mass is 16.2. The highest BCUT2D eigenvalue weighted by Crippen LogP contribution is 2.33. The summed E-state index contributed by atoms with van der Waals surface area (Å²) in [5.41, 5.74) is 2.64. The minimum atomic E-state index is -0.292. The smallest absolute Gasteiger partial charge is 0.258 e. The summed E-state index contributed by atoms with van der Waals surface area (Å²) in [5, 5.41) is 0. The standard InChI is InChI=1S/C19H17NO2/c1-19(2,14-7-4-3-5-8-14)15-9-6-10-16(13-15)20-17(21)11-12-18(20)22/h3-13H,1-2H3. The van der Waals surface area contributed by atoms with Gasteiger partial charge in [0.2, 0.25) is 0 Å². The minimum Gasteiger partial charge on any atom is -0.269 e. The molecule has 3 heteroatoms. The zero-order valence-electron chi connectivity index (χ0n) is 12.6. The number of hydrogen-bond acceptors (Lipinski definition) is 2. The first kappa shape index (κ1) is 14.3. The maximum atomic E-state index is 11.8. The van der Waals surface area contributed by atoms with Crippen LogP contribution in [0.4, 0.5) is 5.69 Å². The van der Waals surface area contributed by atoms with E-state index < -0.39 is 0 Å². The molecule has 0 bridgehead atoms. The topological polar surface area (TPSA) is 37.4 Å². The molecule has 110 valence electrons. The van der Waals surface area contributed by atoms with Crippen LogP contribution in [0.15, 0.2) is 66.7 Å². The molecule has 1 aliphatic rings. The maximum absolute atomic E-state index is 11.8. The zero-order valence-corrected chi connectivity index (χ0v) is 12.6. The van der Waals surface area contributed by atoms with Crippen LogP contribution in [0.5, 0.6) is 0 Å². The number of carbonyl (C=O) groups is 2. The van der Waals surface area contributed by atoms with Crippen LogP contribution in [0.2, 0.25) is 0 Å². The number of benzene rings is 2. The van der Waals surface area contributed by atoms with E-state index in [1.165, 1.54) is 22.6 Å². The van der Waals surface area contributed by atoms with Gasteiger partial charge in [-0.3, -0.25) is 9.59 Å². The summed E-state index contributed by atoms with van der Waals surface area (Å²) in [7, 11) is 0. The molecule has 3 rings (SSSR count). The van der Waals surface area contributed by atoms with Crippen molar-refractivity contribution in [2.75, 3.05) is 4.90 Å². The molecule has 0 saturated heterocycles. The summed E-state index contributed by atoms with van der Waals surface area (Å²) in [6.07, 6.45) is 2.61. The largest absolute Gasteiger partial charge is 0.269 e. The second-order valence-electron chi connectivity index (χ2n) is 5.89. The summed E-state index contributed by atoms with van der Waals surface area (Å²) in [4.78, 5) is 24.9. The lowest BCUT2D eigenvalue weighted by Crippen LogP contribution is -2.30. The fraction of sp³-hybridized carbons (Fsp3) is 0.158. The second-order valence-corrected chi connectivity index (χ2v) is 5.89. The van der Waals surface area contributed by atoms with E-state index >= 15 is 0 Å². The number of amides is 2. The average Bonchev–Trinajstić information content (AvgIpc) is 2.87. The molecule has 2 aromatic rings. The third kappa shape index (κ3) is 2.35. The Bertz CT molecular complexity index is 742. The molecule has 0 spiro atoms. The minimum absolute atomic E-state index is 0.212. The summed E-state index contributed by atoms with van der Waals surface area (Å²) >= 11 is 0. The van der Waals surface area contributed by atoms with Gasteiger partial charge in [-0.1, -0.05) is 56.3 Å². The molecule has 1 aliphatic heterocycles. The van der Waals surface area contributed by atoms with E-state index in [-0.39, 0.29) is 17.2 Å². The van der Waals surface area contributed by atoms with Crippen LogP contribution in [-0.2, 0) is 15.0 Å². The molecule has 0 unspecified atom stereocenters. The van der Waals surface area contributed by atoms with Gasteiger partial charge in [0.05, 0.1) is 5.69 Å². The van der Waals surface area contributed by atoms with Gasteiger partial charge in [0.25, 0.3) is 11.8 Å². The van der Waals surface area contributed by atoms with E-state index in [1.807, 2.05) is 36.4 Å². The van der Waals surface area contributed by atoms with Crippen LogP contribution in [0, 0.1) is 0 Å². The van der Waals surface area contributed by atoms with Crippen molar-refractivity contribution in [1.82, 2.24) is 0 Å². The molecule has 22 heavy (non-hydrogen) atoms. The van der Waals surface area contributed by atoms with Crippen LogP contribution in [0.1, 0.15) is 25.0 Å². The highest BCUT2D eigenvalue weighted by molar-refractivity contribution is 6.28. The van der Waals surface area contributed by atoms with Gasteiger partial charge < -0.3 is 0 Å². The molecule has 0 aromatic heterocycles. The van der Waals surface area contributed by atoms with E-state index in [2.05, 4.69) is 26.0 Å². The molecule has 0 aliphatic carbocycles. The van der Waals surface area contributed by atoms with Crippen molar-refractivity contribution in [2.45, 2.75) is 19.3 Å². The van der Waals surface area contributed by atoms with Gasteiger partial charge in [-0.05, 0) is 23.3 Å². The normalized spacial score (nSPS) is 14.7. The Labute approximate surface area is 129 Å². The van der Waals surface area contributed by atoms with Crippen molar-refractivity contribution in [2.24, 2.45) is 0 Å². The van der Waals surface area contributed by atoms with Crippen molar-refractivity contribution >= 4 is 17.5 Å². The number of carbonyl (C=O) groups excluding carboxylic acids is 2. The number of nitrogens with zero attached hydrogens (tertiary/aromatic N) is 1. The second kappa shape index (κ2) is 5.26. The van der Waals surface area contributed by atoms with Gasteiger partial charge in [0.1, 0.15) is 0 Å². The van der Waals surface area contributed by atoms with Crippen LogP contribution in [-0.4, -0.2) is 11.8 Å². The van der Waals surface area contributed by atoms with E-state index in [9.17, 15) is 9.59 Å². The van der Waals surface area contributed by atoms with Crippen molar-refractivity contribution < 1.29 is 9.59 Å². The summed E-state index contributed by atoms with van der Waals surface area (Å²) in [5.74, 6) is -0.584. The van der Waals surface area contributed by atoms with Gasteiger partial charge in [0, 0.05) is 17.6 Å². The van der Waals surface area contributed by atoms with Crippen molar-refractivity contribution in [3.8, 4) is 0 Å². The third-order valence-electron chi connectivity index (χ3n) is 4.13. The molecule has 0 fully saturated rings. The molecule has 2 aromatic carbocycles. The van der Waals surface area contributed by atoms with Crippen molar-refractivity contribution in [3.05, 3.63) is 77.9 Å². The van der Waals surface area contributed by atoms with Crippen molar-refractivity contribution in [3.63, 3.8) is 0 Å². The Morgan fingerprint density at radius 2 is 1.36 bits per heavy atom. The zero-order chi connectivity index (χ0) is 15.7. The summed E-state index contributed by atoms with van der Waals surface area (Å²) in [6.45, 7) is 4.26. The molecule has 0 saturated carbocycles. The fourth-order valence-electron chi connectivity index (χ4n) is 2.71. The lowest BCUT2D eigenvalue weighted by molar-refractivity contribution is -0.119.